The van der Waals surface area contributed by atoms with Crippen LogP contribution in [0.4, 0.5) is 0 Å². The molecule has 0 aromatic carbocycles. The zero-order valence-electron chi connectivity index (χ0n) is 14.1. The molecule has 1 aromatic rings. The molecule has 1 saturated heterocycles. The van der Waals surface area contributed by atoms with Crippen molar-refractivity contribution in [2.24, 2.45) is 5.92 Å². The third-order valence-electron chi connectivity index (χ3n) is 4.43. The fraction of sp³-hybridized carbons (Fsp3) is 0.647. The maximum atomic E-state index is 12.3. The van der Waals surface area contributed by atoms with Crippen LogP contribution in [0.3, 0.4) is 0 Å². The molecule has 0 saturated carbocycles. The predicted octanol–water partition coefficient (Wildman–Crippen LogP) is 1.59. The van der Waals surface area contributed by atoms with Gasteiger partial charge in [-0.25, -0.2) is 0 Å². The lowest BCUT2D eigenvalue weighted by Crippen LogP contribution is -2.46. The summed E-state index contributed by atoms with van der Waals surface area (Å²) >= 11 is 0. The number of carbonyl (C=O) groups excluding carboxylic acids is 2. The molecule has 128 valence electrons. The van der Waals surface area contributed by atoms with Crippen molar-refractivity contribution >= 4 is 11.8 Å². The van der Waals surface area contributed by atoms with E-state index < -0.39 is 0 Å². The van der Waals surface area contributed by atoms with Crippen molar-refractivity contribution in [2.45, 2.75) is 26.7 Å². The molecule has 2 heterocycles. The number of nitrogens with one attached hydrogen (secondary N) is 1. The first-order chi connectivity index (χ1) is 11.2. The quantitative estimate of drug-likeness (QED) is 0.828. The van der Waals surface area contributed by atoms with E-state index in [-0.39, 0.29) is 17.7 Å². The van der Waals surface area contributed by atoms with E-state index >= 15 is 0 Å². The largest absolute Gasteiger partial charge is 0.459 e. The van der Waals surface area contributed by atoms with Gasteiger partial charge in [-0.2, -0.15) is 0 Å². The molecular weight excluding hydrogens is 294 g/mol. The topological polar surface area (TPSA) is 65.8 Å². The van der Waals surface area contributed by atoms with Crippen LogP contribution in [0.1, 0.15) is 37.2 Å². The molecule has 2 rings (SSSR count). The number of furan rings is 1. The van der Waals surface area contributed by atoms with E-state index in [4.69, 9.17) is 4.42 Å². The Labute approximate surface area is 137 Å². The minimum Gasteiger partial charge on any atom is -0.459 e. The minimum absolute atomic E-state index is 0.0501. The van der Waals surface area contributed by atoms with Gasteiger partial charge in [0.2, 0.25) is 5.91 Å². The Kier molecular flexibility index (Phi) is 6.65. The third kappa shape index (κ3) is 4.82. The monoisotopic (exact) mass is 321 g/mol. The summed E-state index contributed by atoms with van der Waals surface area (Å²) in [6.45, 7) is 8.88. The number of carbonyl (C=O) groups is 2. The summed E-state index contributed by atoms with van der Waals surface area (Å²) in [5, 5.41) is 3.00. The van der Waals surface area contributed by atoms with Crippen molar-refractivity contribution in [3.63, 3.8) is 0 Å². The number of amides is 2. The average Bonchev–Trinajstić information content (AvgIpc) is 3.12. The maximum Gasteiger partial charge on any atom is 0.289 e. The van der Waals surface area contributed by atoms with Crippen molar-refractivity contribution in [3.8, 4) is 0 Å². The Bertz CT molecular complexity index is 497. The predicted molar refractivity (Wildman–Crippen MR) is 88.1 cm³/mol. The molecule has 1 N–H and O–H groups in total. The molecule has 0 spiro atoms. The van der Waals surface area contributed by atoms with Crippen molar-refractivity contribution in [3.05, 3.63) is 24.2 Å². The Morgan fingerprint density at radius 2 is 2.17 bits per heavy atom. The van der Waals surface area contributed by atoms with Gasteiger partial charge in [0.25, 0.3) is 5.91 Å². The van der Waals surface area contributed by atoms with E-state index in [1.165, 1.54) is 6.26 Å². The van der Waals surface area contributed by atoms with Gasteiger partial charge < -0.3 is 19.5 Å². The van der Waals surface area contributed by atoms with Gasteiger partial charge in [-0.05, 0) is 38.1 Å². The van der Waals surface area contributed by atoms with Crippen LogP contribution in [0.2, 0.25) is 0 Å². The molecule has 0 bridgehead atoms. The van der Waals surface area contributed by atoms with Gasteiger partial charge in [0.1, 0.15) is 0 Å². The smallest absolute Gasteiger partial charge is 0.289 e. The molecule has 1 aliphatic heterocycles. The summed E-state index contributed by atoms with van der Waals surface area (Å²) in [4.78, 5) is 28.6. The first-order valence-corrected chi connectivity index (χ1v) is 8.48. The van der Waals surface area contributed by atoms with Gasteiger partial charge in [0, 0.05) is 26.2 Å². The lowest BCUT2D eigenvalue weighted by Gasteiger charge is -2.31. The van der Waals surface area contributed by atoms with Crippen LogP contribution in [-0.2, 0) is 4.79 Å². The number of hydrogen-bond donors (Lipinski definition) is 1. The second kappa shape index (κ2) is 8.72. The van der Waals surface area contributed by atoms with Crippen LogP contribution >= 0.6 is 0 Å². The molecule has 0 radical (unpaired) electrons. The summed E-state index contributed by atoms with van der Waals surface area (Å²) in [5.74, 6) is 0.136. The molecule has 1 aliphatic rings. The first kappa shape index (κ1) is 17.5. The Hall–Kier alpha value is -1.82. The lowest BCUT2D eigenvalue weighted by atomic mass is 9.97. The summed E-state index contributed by atoms with van der Waals surface area (Å²) in [7, 11) is 0. The van der Waals surface area contributed by atoms with E-state index in [1.54, 1.807) is 17.0 Å². The summed E-state index contributed by atoms with van der Waals surface area (Å²) in [6, 6.07) is 3.37. The Morgan fingerprint density at radius 3 is 2.83 bits per heavy atom. The van der Waals surface area contributed by atoms with Gasteiger partial charge in [-0.15, -0.1) is 0 Å². The van der Waals surface area contributed by atoms with E-state index in [2.05, 4.69) is 24.1 Å². The standard InChI is InChI=1S/C17H27N3O3/c1-3-19(4-2)11-9-18-16(21)14-7-5-10-20(13-14)17(22)15-8-6-12-23-15/h6,8,12,14H,3-5,7,9-11,13H2,1-2H3,(H,18,21)/t14-/m0/s1. The van der Waals surface area contributed by atoms with Crippen LogP contribution in [-0.4, -0.2) is 60.9 Å². The molecule has 1 fully saturated rings. The number of likely N-dealkylation sites (tertiary alicyclic amines) is 1. The zero-order chi connectivity index (χ0) is 16.7. The molecule has 0 unspecified atom stereocenters. The van der Waals surface area contributed by atoms with Crippen molar-refractivity contribution < 1.29 is 14.0 Å². The molecule has 6 nitrogen and oxygen atoms in total. The van der Waals surface area contributed by atoms with Gasteiger partial charge in [0.15, 0.2) is 5.76 Å². The molecule has 6 heteroatoms. The molecule has 1 aromatic heterocycles. The molecule has 1 atom stereocenters. The van der Waals surface area contributed by atoms with Crippen molar-refractivity contribution in [2.75, 3.05) is 39.3 Å². The molecule has 23 heavy (non-hydrogen) atoms. The van der Waals surface area contributed by atoms with Crippen LogP contribution in [0.15, 0.2) is 22.8 Å². The van der Waals surface area contributed by atoms with Gasteiger partial charge >= 0.3 is 0 Å². The van der Waals surface area contributed by atoms with Crippen LogP contribution < -0.4 is 5.32 Å². The van der Waals surface area contributed by atoms with Crippen LogP contribution in [0.5, 0.6) is 0 Å². The van der Waals surface area contributed by atoms with Gasteiger partial charge in [0.05, 0.1) is 12.2 Å². The second-order valence-corrected chi connectivity index (χ2v) is 5.89. The number of piperidine rings is 1. The van der Waals surface area contributed by atoms with E-state index in [9.17, 15) is 9.59 Å². The number of rotatable bonds is 7. The summed E-state index contributed by atoms with van der Waals surface area (Å²) in [6.07, 6.45) is 3.17. The van der Waals surface area contributed by atoms with Crippen LogP contribution in [0.25, 0.3) is 0 Å². The summed E-state index contributed by atoms with van der Waals surface area (Å²) in [5.41, 5.74) is 0. The Morgan fingerprint density at radius 1 is 1.39 bits per heavy atom. The zero-order valence-corrected chi connectivity index (χ0v) is 14.1. The fourth-order valence-electron chi connectivity index (χ4n) is 2.95. The van der Waals surface area contributed by atoms with E-state index in [0.29, 0.717) is 25.4 Å². The normalized spacial score (nSPS) is 18.2. The highest BCUT2D eigenvalue weighted by molar-refractivity contribution is 5.92. The number of likely N-dealkylation sites (N-methyl/N-ethyl adjacent to an activating group) is 1. The van der Waals surface area contributed by atoms with Crippen molar-refractivity contribution in [1.82, 2.24) is 15.1 Å². The molecule has 0 aliphatic carbocycles. The fourth-order valence-corrected chi connectivity index (χ4v) is 2.95. The second-order valence-electron chi connectivity index (χ2n) is 5.89. The van der Waals surface area contributed by atoms with Crippen LogP contribution in [0, 0.1) is 5.92 Å². The first-order valence-electron chi connectivity index (χ1n) is 8.48. The highest BCUT2D eigenvalue weighted by atomic mass is 16.3. The molecule has 2 amide bonds. The highest BCUT2D eigenvalue weighted by Gasteiger charge is 2.29. The highest BCUT2D eigenvalue weighted by Crippen LogP contribution is 2.19. The third-order valence-corrected chi connectivity index (χ3v) is 4.43. The van der Waals surface area contributed by atoms with E-state index in [0.717, 1.165) is 32.5 Å². The SMILES string of the molecule is CCN(CC)CCNC(=O)[C@H]1CCCN(C(=O)c2ccco2)C1. The summed E-state index contributed by atoms with van der Waals surface area (Å²) < 4.78 is 5.16. The van der Waals surface area contributed by atoms with E-state index in [1.807, 2.05) is 0 Å². The van der Waals surface area contributed by atoms with Crippen molar-refractivity contribution in [1.29, 1.82) is 0 Å². The number of hydrogen-bond acceptors (Lipinski definition) is 4. The lowest BCUT2D eigenvalue weighted by molar-refractivity contribution is -0.126. The Balaban J connectivity index is 1.81. The number of nitrogens with zero attached hydrogens (tertiary/aromatic N) is 2. The van der Waals surface area contributed by atoms with Gasteiger partial charge in [-0.1, -0.05) is 13.8 Å². The average molecular weight is 321 g/mol. The minimum atomic E-state index is -0.129. The maximum absolute atomic E-state index is 12.3. The molecular formula is C17H27N3O3. The van der Waals surface area contributed by atoms with Gasteiger partial charge in [-0.3, -0.25) is 9.59 Å².